The van der Waals surface area contributed by atoms with Gasteiger partial charge in [0.15, 0.2) is 0 Å². The predicted octanol–water partition coefficient (Wildman–Crippen LogP) is 4.73. The van der Waals surface area contributed by atoms with Crippen molar-refractivity contribution in [2.75, 3.05) is 6.54 Å². The molecule has 17 heavy (non-hydrogen) atoms. The molecule has 0 heterocycles. The van der Waals surface area contributed by atoms with Gasteiger partial charge in [-0.05, 0) is 36.1 Å². The van der Waals surface area contributed by atoms with Gasteiger partial charge in [0, 0.05) is 6.04 Å². The largest absolute Gasteiger partial charge is 0.314 e. The van der Waals surface area contributed by atoms with Crippen LogP contribution < -0.4 is 5.32 Å². The molecule has 1 N–H and O–H groups in total. The van der Waals surface area contributed by atoms with E-state index < -0.39 is 0 Å². The number of halogens is 2. The first kappa shape index (κ1) is 14.8. The molecular formula is C14H21Cl2N. The van der Waals surface area contributed by atoms with Crippen molar-refractivity contribution >= 4 is 23.2 Å². The van der Waals surface area contributed by atoms with E-state index in [1.165, 1.54) is 5.56 Å². The summed E-state index contributed by atoms with van der Waals surface area (Å²) in [6, 6.07) is 6.43. The van der Waals surface area contributed by atoms with Crippen LogP contribution in [0.5, 0.6) is 0 Å². The molecule has 0 saturated heterocycles. The summed E-state index contributed by atoms with van der Waals surface area (Å²) in [5, 5.41) is 4.72. The first-order valence-electron chi connectivity index (χ1n) is 6.10. The van der Waals surface area contributed by atoms with Crippen LogP contribution in [-0.2, 0) is 0 Å². The molecular weight excluding hydrogens is 253 g/mol. The van der Waals surface area contributed by atoms with Gasteiger partial charge < -0.3 is 5.32 Å². The maximum Gasteiger partial charge on any atom is 0.0595 e. The first-order chi connectivity index (χ1) is 7.91. The standard InChI is InChI=1S/C14H21Cl2N/c1-9(2)17-8-10(3)11(4)12-5-6-13(15)14(16)7-12/h5-7,9-11,17H,8H2,1-4H3. The van der Waals surface area contributed by atoms with Crippen LogP contribution in [0.25, 0.3) is 0 Å². The van der Waals surface area contributed by atoms with Crippen LogP contribution in [0.1, 0.15) is 39.2 Å². The molecule has 0 spiro atoms. The van der Waals surface area contributed by atoms with Gasteiger partial charge in [0.25, 0.3) is 0 Å². The SMILES string of the molecule is CC(C)NCC(C)C(C)c1ccc(Cl)c(Cl)c1. The summed E-state index contributed by atoms with van der Waals surface area (Å²) in [6.45, 7) is 9.82. The molecule has 2 unspecified atom stereocenters. The third-order valence-electron chi connectivity index (χ3n) is 3.17. The van der Waals surface area contributed by atoms with Gasteiger partial charge in [-0.1, -0.05) is 57.0 Å². The highest BCUT2D eigenvalue weighted by Gasteiger charge is 2.15. The van der Waals surface area contributed by atoms with Crippen molar-refractivity contribution in [3.63, 3.8) is 0 Å². The summed E-state index contributed by atoms with van der Waals surface area (Å²) in [5.74, 6) is 1.03. The van der Waals surface area contributed by atoms with Crippen LogP contribution in [-0.4, -0.2) is 12.6 Å². The second-order valence-corrected chi connectivity index (χ2v) is 5.82. The Morgan fingerprint density at radius 1 is 1.06 bits per heavy atom. The average Bonchev–Trinajstić information content (AvgIpc) is 2.28. The molecule has 1 aromatic carbocycles. The van der Waals surface area contributed by atoms with E-state index in [0.29, 0.717) is 27.9 Å². The topological polar surface area (TPSA) is 12.0 Å². The third kappa shape index (κ3) is 4.50. The van der Waals surface area contributed by atoms with Crippen LogP contribution in [0, 0.1) is 5.92 Å². The van der Waals surface area contributed by atoms with Crippen LogP contribution >= 0.6 is 23.2 Å². The van der Waals surface area contributed by atoms with Crippen LogP contribution in [0.15, 0.2) is 18.2 Å². The average molecular weight is 274 g/mol. The smallest absolute Gasteiger partial charge is 0.0595 e. The molecule has 3 heteroatoms. The normalized spacial score (nSPS) is 15.0. The zero-order chi connectivity index (χ0) is 13.0. The monoisotopic (exact) mass is 273 g/mol. The maximum absolute atomic E-state index is 6.04. The van der Waals surface area contributed by atoms with Crippen molar-refractivity contribution in [1.82, 2.24) is 5.32 Å². The lowest BCUT2D eigenvalue weighted by atomic mass is 9.89. The highest BCUT2D eigenvalue weighted by Crippen LogP contribution is 2.29. The second-order valence-electron chi connectivity index (χ2n) is 5.00. The van der Waals surface area contributed by atoms with Gasteiger partial charge in [0.05, 0.1) is 10.0 Å². The Morgan fingerprint density at radius 2 is 1.71 bits per heavy atom. The van der Waals surface area contributed by atoms with Crippen molar-refractivity contribution in [2.45, 2.75) is 39.7 Å². The number of benzene rings is 1. The number of hydrogen-bond acceptors (Lipinski definition) is 1. The fraction of sp³-hybridized carbons (Fsp3) is 0.571. The molecule has 0 saturated carbocycles. The van der Waals surface area contributed by atoms with Crippen molar-refractivity contribution in [3.8, 4) is 0 Å². The molecule has 1 nitrogen and oxygen atoms in total. The summed E-state index contributed by atoms with van der Waals surface area (Å²) in [5.41, 5.74) is 1.25. The zero-order valence-corrected chi connectivity index (χ0v) is 12.4. The van der Waals surface area contributed by atoms with E-state index in [1.807, 2.05) is 12.1 Å². The summed E-state index contributed by atoms with van der Waals surface area (Å²) in [6.07, 6.45) is 0. The van der Waals surface area contributed by atoms with E-state index in [-0.39, 0.29) is 0 Å². The molecule has 0 radical (unpaired) electrons. The van der Waals surface area contributed by atoms with Gasteiger partial charge in [-0.3, -0.25) is 0 Å². The minimum Gasteiger partial charge on any atom is -0.314 e. The highest BCUT2D eigenvalue weighted by atomic mass is 35.5. The highest BCUT2D eigenvalue weighted by molar-refractivity contribution is 6.42. The first-order valence-corrected chi connectivity index (χ1v) is 6.85. The zero-order valence-electron chi connectivity index (χ0n) is 10.9. The molecule has 0 aliphatic carbocycles. The fourth-order valence-corrected chi connectivity index (χ4v) is 2.03. The summed E-state index contributed by atoms with van der Waals surface area (Å²) in [4.78, 5) is 0. The number of nitrogens with one attached hydrogen (secondary N) is 1. The van der Waals surface area contributed by atoms with Crippen LogP contribution in [0.3, 0.4) is 0 Å². The summed E-state index contributed by atoms with van der Waals surface area (Å²) >= 11 is 12.0. The van der Waals surface area contributed by atoms with E-state index in [2.05, 4.69) is 39.1 Å². The predicted molar refractivity (Wildman–Crippen MR) is 77.2 cm³/mol. The molecule has 96 valence electrons. The third-order valence-corrected chi connectivity index (χ3v) is 3.91. The molecule has 0 bridgehead atoms. The lowest BCUT2D eigenvalue weighted by Gasteiger charge is -2.22. The van der Waals surface area contributed by atoms with Crippen molar-refractivity contribution in [2.24, 2.45) is 5.92 Å². The Hall–Kier alpha value is -0.240. The Balaban J connectivity index is 2.67. The van der Waals surface area contributed by atoms with Crippen molar-refractivity contribution < 1.29 is 0 Å². The van der Waals surface area contributed by atoms with E-state index in [9.17, 15) is 0 Å². The molecule has 1 aromatic rings. The van der Waals surface area contributed by atoms with Gasteiger partial charge in [-0.2, -0.15) is 0 Å². The van der Waals surface area contributed by atoms with E-state index in [0.717, 1.165) is 6.54 Å². The maximum atomic E-state index is 6.04. The number of hydrogen-bond donors (Lipinski definition) is 1. The summed E-state index contributed by atoms with van der Waals surface area (Å²) in [7, 11) is 0. The Bertz CT molecular complexity index is 363. The van der Waals surface area contributed by atoms with E-state index >= 15 is 0 Å². The van der Waals surface area contributed by atoms with Crippen LogP contribution in [0.4, 0.5) is 0 Å². The van der Waals surface area contributed by atoms with Gasteiger partial charge in [0.1, 0.15) is 0 Å². The number of rotatable bonds is 5. The lowest BCUT2D eigenvalue weighted by Crippen LogP contribution is -2.29. The van der Waals surface area contributed by atoms with Gasteiger partial charge in [-0.15, -0.1) is 0 Å². The Kier molecular flexibility index (Phi) is 5.78. The molecule has 0 aliphatic heterocycles. The molecule has 0 amide bonds. The minimum atomic E-state index is 0.469. The Labute approximate surface area is 115 Å². The van der Waals surface area contributed by atoms with Gasteiger partial charge in [-0.25, -0.2) is 0 Å². The van der Waals surface area contributed by atoms with Crippen LogP contribution in [0.2, 0.25) is 10.0 Å². The van der Waals surface area contributed by atoms with E-state index in [1.54, 1.807) is 0 Å². The second kappa shape index (κ2) is 6.63. The van der Waals surface area contributed by atoms with Gasteiger partial charge in [0.2, 0.25) is 0 Å². The van der Waals surface area contributed by atoms with Gasteiger partial charge >= 0.3 is 0 Å². The molecule has 2 atom stereocenters. The Morgan fingerprint density at radius 3 is 2.24 bits per heavy atom. The van der Waals surface area contributed by atoms with Crippen molar-refractivity contribution in [1.29, 1.82) is 0 Å². The fourth-order valence-electron chi connectivity index (χ4n) is 1.72. The molecule has 0 aliphatic rings. The lowest BCUT2D eigenvalue weighted by molar-refractivity contribution is 0.426. The molecule has 0 aromatic heterocycles. The van der Waals surface area contributed by atoms with E-state index in [4.69, 9.17) is 23.2 Å². The summed E-state index contributed by atoms with van der Waals surface area (Å²) < 4.78 is 0. The molecule has 1 rings (SSSR count). The quantitative estimate of drug-likeness (QED) is 0.818. The van der Waals surface area contributed by atoms with Crippen molar-refractivity contribution in [3.05, 3.63) is 33.8 Å². The molecule has 0 fully saturated rings. The minimum absolute atomic E-state index is 0.469.